The largest absolute Gasteiger partial charge is 0.456 e. The Morgan fingerprint density at radius 1 is 1.52 bits per heavy atom. The lowest BCUT2D eigenvalue weighted by Gasteiger charge is -2.23. The van der Waals surface area contributed by atoms with Gasteiger partial charge in [-0.05, 0) is 25.0 Å². The summed E-state index contributed by atoms with van der Waals surface area (Å²) in [5.41, 5.74) is 1.01. The van der Waals surface area contributed by atoms with Gasteiger partial charge in [-0.15, -0.1) is 0 Å². The highest BCUT2D eigenvalue weighted by atomic mass is 16.5. The number of furan rings is 1. The number of amides is 1. The number of likely N-dealkylation sites (N-methyl/N-ethyl adjacent to an activating group) is 1. The number of aromatic nitrogens is 3. The topological polar surface area (TPSA) is 84.2 Å². The number of carbonyl (C=O) groups excluding carboxylic acids is 1. The Balaban J connectivity index is 1.68. The van der Waals surface area contributed by atoms with Gasteiger partial charge in [-0.1, -0.05) is 6.92 Å². The number of hydrogen-bond donors (Lipinski definition) is 1. The van der Waals surface area contributed by atoms with Crippen molar-refractivity contribution in [2.75, 3.05) is 20.2 Å². The molecule has 0 unspecified atom stereocenters. The number of aromatic amines is 1. The molecule has 0 radical (unpaired) electrons. The van der Waals surface area contributed by atoms with E-state index in [0.717, 1.165) is 30.0 Å². The number of hydrogen-bond acceptors (Lipinski definition) is 5. The molecule has 0 spiro atoms. The van der Waals surface area contributed by atoms with E-state index < -0.39 is 0 Å². The van der Waals surface area contributed by atoms with E-state index in [1.165, 1.54) is 6.33 Å². The van der Waals surface area contributed by atoms with Gasteiger partial charge in [0.2, 0.25) is 0 Å². The Labute approximate surface area is 135 Å². The fourth-order valence-corrected chi connectivity index (χ4v) is 3.05. The van der Waals surface area contributed by atoms with Crippen molar-refractivity contribution in [3.63, 3.8) is 0 Å². The van der Waals surface area contributed by atoms with Gasteiger partial charge in [0.05, 0.1) is 6.10 Å². The zero-order valence-electron chi connectivity index (χ0n) is 13.7. The van der Waals surface area contributed by atoms with Gasteiger partial charge in [0.25, 0.3) is 5.91 Å². The zero-order chi connectivity index (χ0) is 16.4. The van der Waals surface area contributed by atoms with E-state index >= 15 is 0 Å². The molecule has 2 aromatic rings. The molecule has 3 rings (SSSR count). The average molecular weight is 318 g/mol. The Bertz CT molecular complexity index is 665. The Kier molecular flexibility index (Phi) is 4.47. The predicted octanol–water partition coefficient (Wildman–Crippen LogP) is 1.91. The van der Waals surface area contributed by atoms with Gasteiger partial charge in [-0.2, -0.15) is 5.10 Å². The molecular weight excluding hydrogens is 296 g/mol. The molecule has 1 fully saturated rings. The lowest BCUT2D eigenvalue weighted by Crippen LogP contribution is -2.36. The maximum Gasteiger partial charge on any atom is 0.289 e. The van der Waals surface area contributed by atoms with Crippen molar-refractivity contribution in [1.29, 1.82) is 0 Å². The molecule has 1 amide bonds. The van der Waals surface area contributed by atoms with Crippen LogP contribution in [-0.4, -0.2) is 52.3 Å². The number of carbonyl (C=O) groups is 1. The summed E-state index contributed by atoms with van der Waals surface area (Å²) in [6.45, 7) is 5.13. The maximum atomic E-state index is 12.5. The van der Waals surface area contributed by atoms with Crippen LogP contribution in [-0.2, 0) is 11.2 Å². The van der Waals surface area contributed by atoms with E-state index in [2.05, 4.69) is 15.2 Å². The molecule has 2 atom stereocenters. The Hall–Kier alpha value is -2.15. The van der Waals surface area contributed by atoms with Crippen LogP contribution in [0.3, 0.4) is 0 Å². The van der Waals surface area contributed by atoms with E-state index in [0.29, 0.717) is 18.9 Å². The van der Waals surface area contributed by atoms with Gasteiger partial charge in [0, 0.05) is 32.5 Å². The molecular formula is C16H22N4O3. The highest BCUT2D eigenvalue weighted by molar-refractivity contribution is 5.91. The number of H-pyrrole nitrogens is 1. The SMILES string of the molecule is CCc1oc(C(=O)N(C)C[C@H]2OCC[C@H]2c2ncn[nH]2)cc1C. The third kappa shape index (κ3) is 3.14. The van der Waals surface area contributed by atoms with Crippen LogP contribution in [0.2, 0.25) is 0 Å². The van der Waals surface area contributed by atoms with Gasteiger partial charge in [0.15, 0.2) is 5.76 Å². The molecule has 0 saturated carbocycles. The summed E-state index contributed by atoms with van der Waals surface area (Å²) >= 11 is 0. The molecule has 3 heterocycles. The second-order valence-electron chi connectivity index (χ2n) is 5.93. The normalized spacial score (nSPS) is 20.8. The Morgan fingerprint density at radius 2 is 2.35 bits per heavy atom. The van der Waals surface area contributed by atoms with Crippen LogP contribution in [0.4, 0.5) is 0 Å². The molecule has 2 aromatic heterocycles. The third-order valence-corrected chi connectivity index (χ3v) is 4.35. The van der Waals surface area contributed by atoms with Gasteiger partial charge in [-0.3, -0.25) is 9.89 Å². The van der Waals surface area contributed by atoms with Crippen molar-refractivity contribution in [3.05, 3.63) is 35.3 Å². The summed E-state index contributed by atoms with van der Waals surface area (Å²) in [6, 6.07) is 1.81. The van der Waals surface area contributed by atoms with Crippen LogP contribution in [0.15, 0.2) is 16.8 Å². The monoisotopic (exact) mass is 318 g/mol. The molecule has 0 aliphatic carbocycles. The van der Waals surface area contributed by atoms with E-state index in [1.807, 2.05) is 13.8 Å². The fourth-order valence-electron chi connectivity index (χ4n) is 3.05. The van der Waals surface area contributed by atoms with E-state index in [4.69, 9.17) is 9.15 Å². The second-order valence-corrected chi connectivity index (χ2v) is 5.93. The minimum absolute atomic E-state index is 0.0846. The molecule has 0 aromatic carbocycles. The number of nitrogens with zero attached hydrogens (tertiary/aromatic N) is 3. The summed E-state index contributed by atoms with van der Waals surface area (Å²) in [7, 11) is 1.77. The van der Waals surface area contributed by atoms with Crippen LogP contribution >= 0.6 is 0 Å². The smallest absolute Gasteiger partial charge is 0.289 e. The van der Waals surface area contributed by atoms with Crippen molar-refractivity contribution in [2.24, 2.45) is 0 Å². The molecule has 23 heavy (non-hydrogen) atoms. The summed E-state index contributed by atoms with van der Waals surface area (Å²) in [6.07, 6.45) is 3.07. The first-order valence-electron chi connectivity index (χ1n) is 7.91. The van der Waals surface area contributed by atoms with E-state index in [-0.39, 0.29) is 17.9 Å². The van der Waals surface area contributed by atoms with Gasteiger partial charge in [-0.25, -0.2) is 4.98 Å². The van der Waals surface area contributed by atoms with Crippen LogP contribution < -0.4 is 0 Å². The molecule has 1 aliphatic heterocycles. The fraction of sp³-hybridized carbons (Fsp3) is 0.562. The molecule has 7 nitrogen and oxygen atoms in total. The van der Waals surface area contributed by atoms with Crippen LogP contribution in [0.5, 0.6) is 0 Å². The number of ether oxygens (including phenoxy) is 1. The quantitative estimate of drug-likeness (QED) is 0.910. The molecule has 7 heteroatoms. The summed E-state index contributed by atoms with van der Waals surface area (Å²) in [5, 5.41) is 6.80. The van der Waals surface area contributed by atoms with Crippen LogP contribution in [0.25, 0.3) is 0 Å². The first-order chi connectivity index (χ1) is 11.1. The average Bonchev–Trinajstić information content (AvgIpc) is 3.25. The third-order valence-electron chi connectivity index (χ3n) is 4.35. The number of nitrogens with one attached hydrogen (secondary N) is 1. The van der Waals surface area contributed by atoms with Crippen molar-refractivity contribution in [3.8, 4) is 0 Å². The second kappa shape index (κ2) is 6.54. The Morgan fingerprint density at radius 3 is 3.00 bits per heavy atom. The highest BCUT2D eigenvalue weighted by Gasteiger charge is 2.34. The van der Waals surface area contributed by atoms with Crippen LogP contribution in [0, 0.1) is 6.92 Å². The van der Waals surface area contributed by atoms with Crippen molar-refractivity contribution in [1.82, 2.24) is 20.1 Å². The molecule has 1 N–H and O–H groups in total. The van der Waals surface area contributed by atoms with Gasteiger partial charge in [0.1, 0.15) is 17.9 Å². The first-order valence-corrected chi connectivity index (χ1v) is 7.91. The van der Waals surface area contributed by atoms with Gasteiger partial charge >= 0.3 is 0 Å². The molecule has 1 aliphatic rings. The molecule has 124 valence electrons. The first kappa shape index (κ1) is 15.7. The van der Waals surface area contributed by atoms with E-state index in [1.54, 1.807) is 18.0 Å². The number of rotatable bonds is 5. The van der Waals surface area contributed by atoms with Crippen molar-refractivity contribution >= 4 is 5.91 Å². The number of aryl methyl sites for hydroxylation is 2. The van der Waals surface area contributed by atoms with Crippen molar-refractivity contribution < 1.29 is 13.9 Å². The summed E-state index contributed by atoms with van der Waals surface area (Å²) < 4.78 is 11.4. The zero-order valence-corrected chi connectivity index (χ0v) is 13.7. The predicted molar refractivity (Wildman–Crippen MR) is 83.3 cm³/mol. The minimum atomic E-state index is -0.125. The molecule has 0 bridgehead atoms. The van der Waals surface area contributed by atoms with Crippen molar-refractivity contribution in [2.45, 2.75) is 38.7 Å². The highest BCUT2D eigenvalue weighted by Crippen LogP contribution is 2.29. The molecule has 1 saturated heterocycles. The lowest BCUT2D eigenvalue weighted by atomic mass is 10.0. The lowest BCUT2D eigenvalue weighted by molar-refractivity contribution is 0.0527. The maximum absolute atomic E-state index is 12.5. The minimum Gasteiger partial charge on any atom is -0.456 e. The summed E-state index contributed by atoms with van der Waals surface area (Å²) in [4.78, 5) is 18.4. The van der Waals surface area contributed by atoms with E-state index in [9.17, 15) is 4.79 Å². The van der Waals surface area contributed by atoms with Gasteiger partial charge < -0.3 is 14.1 Å². The summed E-state index contributed by atoms with van der Waals surface area (Å²) in [5.74, 6) is 2.07. The standard InChI is InChI=1S/C16H22N4O3/c1-4-12-10(2)7-13(23-12)16(21)20(3)8-14-11(5-6-22-14)15-17-9-18-19-15/h7,9,11,14H,4-6,8H2,1-3H3,(H,17,18,19)/t11-,14-/m1/s1. The van der Waals surface area contributed by atoms with Crippen LogP contribution in [0.1, 0.15) is 47.0 Å².